The average molecular weight is 413 g/mol. The number of piperidine rings is 1. The second-order valence-electron chi connectivity index (χ2n) is 6.92. The zero-order valence-electron chi connectivity index (χ0n) is 16.9. The van der Waals surface area contributed by atoms with Gasteiger partial charge in [-0.25, -0.2) is 4.79 Å². The molecule has 0 atom stereocenters. The summed E-state index contributed by atoms with van der Waals surface area (Å²) in [4.78, 5) is 28.5. The molecule has 1 aliphatic heterocycles. The Morgan fingerprint density at radius 2 is 1.82 bits per heavy atom. The second-order valence-corrected chi connectivity index (χ2v) is 6.92. The molecule has 0 radical (unpaired) electrons. The summed E-state index contributed by atoms with van der Waals surface area (Å²) in [6.45, 7) is 4.64. The molecule has 1 fully saturated rings. The van der Waals surface area contributed by atoms with Crippen LogP contribution in [0.2, 0.25) is 0 Å². The number of methoxy groups -OCH3 is 1. The van der Waals surface area contributed by atoms with Gasteiger partial charge in [0.25, 0.3) is 0 Å². The predicted molar refractivity (Wildman–Crippen MR) is 113 cm³/mol. The van der Waals surface area contributed by atoms with E-state index in [1.54, 1.807) is 12.0 Å². The van der Waals surface area contributed by atoms with Crippen LogP contribution in [0.4, 0.5) is 4.79 Å². The minimum Gasteiger partial charge on any atom is -0.383 e. The van der Waals surface area contributed by atoms with Crippen molar-refractivity contribution >= 4 is 24.3 Å². The van der Waals surface area contributed by atoms with Crippen molar-refractivity contribution in [2.45, 2.75) is 19.4 Å². The Labute approximate surface area is 174 Å². The molecule has 0 spiro atoms. The predicted octanol–water partition coefficient (Wildman–Crippen LogP) is 1.72. The van der Waals surface area contributed by atoms with Gasteiger partial charge in [0, 0.05) is 59.3 Å². The van der Waals surface area contributed by atoms with E-state index in [4.69, 9.17) is 4.74 Å². The van der Waals surface area contributed by atoms with Crippen molar-refractivity contribution in [3.8, 4) is 0 Å². The topological polar surface area (TPSA) is 73.9 Å². The number of likely N-dealkylation sites (tertiary alicyclic amines) is 1. The monoisotopic (exact) mass is 412 g/mol. The summed E-state index contributed by atoms with van der Waals surface area (Å²) in [6.07, 6.45) is 1.43. The van der Waals surface area contributed by atoms with Crippen molar-refractivity contribution in [1.29, 1.82) is 0 Å². The van der Waals surface area contributed by atoms with Crippen LogP contribution in [0.3, 0.4) is 0 Å². The Hall–Kier alpha value is -1.83. The third-order valence-corrected chi connectivity index (χ3v) is 4.81. The lowest BCUT2D eigenvalue weighted by molar-refractivity contribution is -0.126. The van der Waals surface area contributed by atoms with Gasteiger partial charge >= 0.3 is 6.03 Å². The average Bonchev–Trinajstić information content (AvgIpc) is 2.70. The van der Waals surface area contributed by atoms with Gasteiger partial charge in [-0.3, -0.25) is 4.79 Å². The van der Waals surface area contributed by atoms with Crippen molar-refractivity contribution in [3.63, 3.8) is 0 Å². The Bertz CT molecular complexity index is 580. The Balaban J connectivity index is 0.00000392. The lowest BCUT2D eigenvalue weighted by atomic mass is 9.96. The van der Waals surface area contributed by atoms with Crippen molar-refractivity contribution in [1.82, 2.24) is 20.4 Å². The molecule has 1 heterocycles. The molecule has 2 rings (SSSR count). The maximum absolute atomic E-state index is 12.6. The van der Waals surface area contributed by atoms with Crippen LogP contribution in [0.25, 0.3) is 0 Å². The van der Waals surface area contributed by atoms with Crippen molar-refractivity contribution < 1.29 is 14.3 Å². The van der Waals surface area contributed by atoms with Gasteiger partial charge in [-0.15, -0.1) is 12.4 Å². The van der Waals surface area contributed by atoms with Crippen LogP contribution in [0, 0.1) is 5.92 Å². The number of hydrogen-bond donors (Lipinski definition) is 2. The van der Waals surface area contributed by atoms with Gasteiger partial charge < -0.3 is 25.2 Å². The summed E-state index contributed by atoms with van der Waals surface area (Å²) in [7, 11) is 3.49. The second kappa shape index (κ2) is 13.4. The molecule has 1 saturated heterocycles. The van der Waals surface area contributed by atoms with Crippen molar-refractivity contribution in [2.24, 2.45) is 5.92 Å². The van der Waals surface area contributed by atoms with Gasteiger partial charge in [-0.2, -0.15) is 0 Å². The highest BCUT2D eigenvalue weighted by molar-refractivity contribution is 5.85. The van der Waals surface area contributed by atoms with E-state index in [1.807, 2.05) is 42.3 Å². The lowest BCUT2D eigenvalue weighted by Crippen LogP contribution is -2.47. The third kappa shape index (κ3) is 8.04. The number of urea groups is 1. The molecule has 8 heteroatoms. The van der Waals surface area contributed by atoms with E-state index >= 15 is 0 Å². The SMILES string of the molecule is COCCNCCNC(=O)C1CCN(C(=O)N(C)Cc2ccccc2)CC1.Cl. The highest BCUT2D eigenvalue weighted by Crippen LogP contribution is 2.18. The summed E-state index contributed by atoms with van der Waals surface area (Å²) in [6, 6.07) is 9.99. The molecule has 3 amide bonds. The van der Waals surface area contributed by atoms with E-state index in [0.717, 1.165) is 18.7 Å². The number of nitrogens with one attached hydrogen (secondary N) is 2. The van der Waals surface area contributed by atoms with Crippen molar-refractivity contribution in [2.75, 3.05) is 53.5 Å². The number of hydrogen-bond acceptors (Lipinski definition) is 4. The van der Waals surface area contributed by atoms with Gasteiger partial charge in [-0.05, 0) is 18.4 Å². The van der Waals surface area contributed by atoms with E-state index in [0.29, 0.717) is 45.6 Å². The quantitative estimate of drug-likeness (QED) is 0.606. The molecular formula is C20H33ClN4O3. The minimum atomic E-state index is -0.00699. The van der Waals surface area contributed by atoms with Gasteiger partial charge in [0.1, 0.15) is 0 Å². The number of carbonyl (C=O) groups excluding carboxylic acids is 2. The van der Waals surface area contributed by atoms with Crippen LogP contribution in [0.5, 0.6) is 0 Å². The molecule has 158 valence electrons. The molecule has 0 unspecified atom stereocenters. The van der Waals surface area contributed by atoms with Gasteiger partial charge in [0.2, 0.25) is 5.91 Å². The number of benzene rings is 1. The van der Waals surface area contributed by atoms with Crippen molar-refractivity contribution in [3.05, 3.63) is 35.9 Å². The highest BCUT2D eigenvalue weighted by atomic mass is 35.5. The Kier molecular flexibility index (Phi) is 11.6. The third-order valence-electron chi connectivity index (χ3n) is 4.81. The molecule has 7 nitrogen and oxygen atoms in total. The highest BCUT2D eigenvalue weighted by Gasteiger charge is 2.28. The Morgan fingerprint density at radius 3 is 2.46 bits per heavy atom. The summed E-state index contributed by atoms with van der Waals surface area (Å²) >= 11 is 0. The molecule has 0 bridgehead atoms. The summed E-state index contributed by atoms with van der Waals surface area (Å²) in [5.41, 5.74) is 1.11. The first-order valence-corrected chi connectivity index (χ1v) is 9.63. The fraction of sp³-hybridized carbons (Fsp3) is 0.600. The molecule has 1 aromatic carbocycles. The van der Waals surface area contributed by atoms with Crippen LogP contribution in [0.15, 0.2) is 30.3 Å². The fourth-order valence-corrected chi connectivity index (χ4v) is 3.22. The van der Waals surface area contributed by atoms with Gasteiger partial charge in [0.15, 0.2) is 0 Å². The summed E-state index contributed by atoms with van der Waals surface area (Å²) in [5, 5.41) is 6.17. The van der Waals surface area contributed by atoms with Crippen LogP contribution >= 0.6 is 12.4 Å². The number of halogens is 1. The van der Waals surface area contributed by atoms with Crippen LogP contribution in [-0.4, -0.2) is 75.2 Å². The van der Waals surface area contributed by atoms with E-state index in [-0.39, 0.29) is 30.3 Å². The lowest BCUT2D eigenvalue weighted by Gasteiger charge is -2.34. The first-order valence-electron chi connectivity index (χ1n) is 9.63. The number of amides is 3. The standard InChI is InChI=1S/C20H32N4O3.ClH/c1-23(16-17-6-4-3-5-7-17)20(26)24-13-8-18(9-14-24)19(25)22-11-10-21-12-15-27-2;/h3-7,18,21H,8-16H2,1-2H3,(H,22,25);1H. The van der Waals surface area contributed by atoms with Crippen LogP contribution in [-0.2, 0) is 16.1 Å². The first kappa shape index (κ1) is 24.2. The number of carbonyl (C=O) groups is 2. The van der Waals surface area contributed by atoms with Crippen LogP contribution in [0.1, 0.15) is 18.4 Å². The zero-order valence-corrected chi connectivity index (χ0v) is 17.7. The van der Waals surface area contributed by atoms with Crippen LogP contribution < -0.4 is 10.6 Å². The van der Waals surface area contributed by atoms with E-state index < -0.39 is 0 Å². The molecule has 28 heavy (non-hydrogen) atoms. The number of nitrogens with zero attached hydrogens (tertiary/aromatic N) is 2. The molecule has 1 aromatic rings. The van der Waals surface area contributed by atoms with E-state index in [1.165, 1.54) is 0 Å². The largest absolute Gasteiger partial charge is 0.383 e. The molecule has 1 aliphatic rings. The molecule has 0 aromatic heterocycles. The number of rotatable bonds is 9. The normalized spacial score (nSPS) is 14.3. The van der Waals surface area contributed by atoms with E-state index in [9.17, 15) is 9.59 Å². The Morgan fingerprint density at radius 1 is 1.14 bits per heavy atom. The van der Waals surface area contributed by atoms with Gasteiger partial charge in [0.05, 0.1) is 6.61 Å². The smallest absolute Gasteiger partial charge is 0.320 e. The maximum atomic E-state index is 12.6. The molecule has 2 N–H and O–H groups in total. The zero-order chi connectivity index (χ0) is 19.5. The van der Waals surface area contributed by atoms with E-state index in [2.05, 4.69) is 10.6 Å². The summed E-state index contributed by atoms with van der Waals surface area (Å²) < 4.78 is 4.96. The molecule has 0 saturated carbocycles. The summed E-state index contributed by atoms with van der Waals surface area (Å²) in [5.74, 6) is 0.0840. The fourth-order valence-electron chi connectivity index (χ4n) is 3.22. The molecule has 0 aliphatic carbocycles. The maximum Gasteiger partial charge on any atom is 0.320 e. The minimum absolute atomic E-state index is 0. The van der Waals surface area contributed by atoms with Gasteiger partial charge in [-0.1, -0.05) is 30.3 Å². The number of ether oxygens (including phenoxy) is 1. The molecular weight excluding hydrogens is 380 g/mol. The first-order chi connectivity index (χ1) is 13.1.